The van der Waals surface area contributed by atoms with Crippen molar-refractivity contribution in [1.82, 2.24) is 10.2 Å². The summed E-state index contributed by atoms with van der Waals surface area (Å²) < 4.78 is 13.9. The van der Waals surface area contributed by atoms with Crippen LogP contribution in [-0.4, -0.2) is 41.7 Å². The van der Waals surface area contributed by atoms with Gasteiger partial charge in [0.2, 0.25) is 0 Å². The maximum Gasteiger partial charge on any atom is 0.309 e. The summed E-state index contributed by atoms with van der Waals surface area (Å²) in [6.07, 6.45) is 2.55. The lowest BCUT2D eigenvalue weighted by Gasteiger charge is -2.33. The van der Waals surface area contributed by atoms with Gasteiger partial charge in [-0.05, 0) is 64.9 Å². The molecule has 0 radical (unpaired) electrons. The Morgan fingerprint density at radius 2 is 2.08 bits per heavy atom. The van der Waals surface area contributed by atoms with E-state index in [1.807, 2.05) is 0 Å². The fourth-order valence-electron chi connectivity index (χ4n) is 2.90. The van der Waals surface area contributed by atoms with Gasteiger partial charge in [0, 0.05) is 23.2 Å². The maximum absolute atomic E-state index is 13.9. The molecule has 0 amide bonds. The van der Waals surface area contributed by atoms with Crippen LogP contribution in [0, 0.1) is 11.2 Å². The third-order valence-electron chi connectivity index (χ3n) is 4.79. The van der Waals surface area contributed by atoms with Gasteiger partial charge in [0.25, 0.3) is 0 Å². The Labute approximate surface area is 148 Å². The van der Waals surface area contributed by atoms with Gasteiger partial charge < -0.3 is 10.4 Å². The van der Waals surface area contributed by atoms with Gasteiger partial charge in [-0.1, -0.05) is 17.7 Å². The van der Waals surface area contributed by atoms with E-state index in [0.717, 1.165) is 25.9 Å². The Morgan fingerprint density at radius 1 is 1.42 bits per heavy atom. The Morgan fingerprint density at radius 3 is 2.67 bits per heavy atom. The highest BCUT2D eigenvalue weighted by atomic mass is 35.5. The molecule has 0 aliphatic carbocycles. The summed E-state index contributed by atoms with van der Waals surface area (Å²) in [6.45, 7) is 6.48. The van der Waals surface area contributed by atoms with Crippen molar-refractivity contribution in [3.63, 3.8) is 0 Å². The minimum absolute atomic E-state index is 0.251. The molecule has 2 N–H and O–H groups in total. The molecule has 4 nitrogen and oxygen atoms in total. The summed E-state index contributed by atoms with van der Waals surface area (Å²) in [4.78, 5) is 13.3. The van der Waals surface area contributed by atoms with E-state index in [1.54, 1.807) is 26.0 Å². The van der Waals surface area contributed by atoms with Crippen LogP contribution in [0.2, 0.25) is 5.02 Å². The van der Waals surface area contributed by atoms with Crippen molar-refractivity contribution in [2.24, 2.45) is 5.41 Å². The number of likely N-dealkylation sites (tertiary alicyclic amines) is 1. The van der Waals surface area contributed by atoms with Crippen molar-refractivity contribution in [2.75, 3.05) is 19.6 Å². The molecule has 0 atom stereocenters. The highest BCUT2D eigenvalue weighted by Crippen LogP contribution is 2.23. The molecular weight excluding hydrogens is 331 g/mol. The zero-order valence-corrected chi connectivity index (χ0v) is 15.1. The molecule has 0 saturated carbocycles. The quantitative estimate of drug-likeness (QED) is 0.784. The fraction of sp³-hybridized carbons (Fsp3) is 0.611. The Balaban J connectivity index is 1.75. The largest absolute Gasteiger partial charge is 0.481 e. The number of benzene rings is 1. The van der Waals surface area contributed by atoms with Gasteiger partial charge in [-0.2, -0.15) is 0 Å². The minimum atomic E-state index is -0.763. The van der Waals surface area contributed by atoms with Crippen LogP contribution in [0.5, 0.6) is 0 Å². The van der Waals surface area contributed by atoms with E-state index in [9.17, 15) is 9.18 Å². The number of rotatable bonds is 7. The molecule has 1 aliphatic rings. The number of carboxylic acids is 1. The van der Waals surface area contributed by atoms with E-state index < -0.39 is 11.4 Å². The van der Waals surface area contributed by atoms with Crippen molar-refractivity contribution >= 4 is 17.6 Å². The molecule has 0 bridgehead atoms. The van der Waals surface area contributed by atoms with E-state index in [-0.39, 0.29) is 5.82 Å². The molecule has 1 heterocycles. The number of carbonyl (C=O) groups is 1. The average Bonchev–Trinajstić information content (AvgIpc) is 2.52. The Bertz CT molecular complexity index is 552. The van der Waals surface area contributed by atoms with Gasteiger partial charge in [0.05, 0.1) is 5.41 Å². The summed E-state index contributed by atoms with van der Waals surface area (Å²) in [7, 11) is 0. The van der Waals surface area contributed by atoms with Gasteiger partial charge in [0.15, 0.2) is 0 Å². The number of nitrogens with zero attached hydrogens (tertiary/aromatic N) is 1. The average molecular weight is 357 g/mol. The third kappa shape index (κ3) is 5.16. The van der Waals surface area contributed by atoms with Crippen LogP contribution in [0.15, 0.2) is 18.2 Å². The molecule has 1 aliphatic heterocycles. The lowest BCUT2D eigenvalue weighted by molar-refractivity contribution is -0.147. The second kappa shape index (κ2) is 8.28. The highest BCUT2D eigenvalue weighted by molar-refractivity contribution is 6.31. The number of nitrogens with one attached hydrogen (secondary N) is 1. The molecule has 1 fully saturated rings. The van der Waals surface area contributed by atoms with Crippen LogP contribution in [0.1, 0.15) is 38.7 Å². The lowest BCUT2D eigenvalue weighted by atomic mass is 9.89. The predicted molar refractivity (Wildman–Crippen MR) is 93.7 cm³/mol. The number of halogens is 2. The van der Waals surface area contributed by atoms with Crippen LogP contribution in [0.4, 0.5) is 4.39 Å². The zero-order valence-electron chi connectivity index (χ0n) is 14.3. The molecule has 0 unspecified atom stereocenters. The van der Waals surface area contributed by atoms with E-state index in [0.29, 0.717) is 36.1 Å². The predicted octanol–water partition coefficient (Wildman–Crippen LogP) is 3.53. The summed E-state index contributed by atoms with van der Waals surface area (Å²) in [5, 5.41) is 13.0. The Hall–Kier alpha value is -1.17. The number of carboxylic acid groups (broad SMARTS) is 1. The first-order chi connectivity index (χ1) is 11.3. The first-order valence-corrected chi connectivity index (χ1v) is 8.79. The second-order valence-electron chi connectivity index (χ2n) is 7.14. The molecule has 0 aromatic heterocycles. The standard InChI is InChI=1S/C18H26ClFN2O2/c1-18(2,17(23)24)8-9-21-13-6-10-22(11-7-13)12-14-15(19)4-3-5-16(14)20/h3-5,13,21H,6-12H2,1-2H3,(H,23,24). The van der Waals surface area contributed by atoms with Crippen LogP contribution >= 0.6 is 11.6 Å². The second-order valence-corrected chi connectivity index (χ2v) is 7.55. The zero-order chi connectivity index (χ0) is 17.7. The summed E-state index contributed by atoms with van der Waals surface area (Å²) >= 11 is 6.09. The SMILES string of the molecule is CC(C)(CCNC1CCN(Cc2c(F)cccc2Cl)CC1)C(=O)O. The molecule has 6 heteroatoms. The van der Waals surface area contributed by atoms with E-state index in [2.05, 4.69) is 10.2 Å². The van der Waals surface area contributed by atoms with E-state index in [1.165, 1.54) is 6.07 Å². The van der Waals surface area contributed by atoms with Crippen molar-refractivity contribution < 1.29 is 14.3 Å². The summed E-state index contributed by atoms with van der Waals surface area (Å²) in [6, 6.07) is 5.18. The van der Waals surface area contributed by atoms with E-state index >= 15 is 0 Å². The third-order valence-corrected chi connectivity index (χ3v) is 5.15. The number of aliphatic carboxylic acids is 1. The van der Waals surface area contributed by atoms with E-state index in [4.69, 9.17) is 16.7 Å². The topological polar surface area (TPSA) is 52.6 Å². The van der Waals surface area contributed by atoms with Crippen molar-refractivity contribution in [3.05, 3.63) is 34.6 Å². The normalized spacial score (nSPS) is 17.2. The maximum atomic E-state index is 13.9. The molecule has 134 valence electrons. The molecule has 0 spiro atoms. The molecule has 2 rings (SSSR count). The molecular formula is C18H26ClFN2O2. The number of piperidine rings is 1. The van der Waals surface area contributed by atoms with Crippen molar-refractivity contribution in [3.8, 4) is 0 Å². The number of hydrogen-bond donors (Lipinski definition) is 2. The summed E-state index contributed by atoms with van der Waals surface area (Å²) in [5.41, 5.74) is -0.135. The number of hydrogen-bond acceptors (Lipinski definition) is 3. The van der Waals surface area contributed by atoms with Crippen LogP contribution in [0.3, 0.4) is 0 Å². The van der Waals surface area contributed by atoms with Gasteiger partial charge in [-0.25, -0.2) is 4.39 Å². The first kappa shape index (κ1) is 19.2. The Kier molecular flexibility index (Phi) is 6.61. The van der Waals surface area contributed by atoms with Gasteiger partial charge in [-0.3, -0.25) is 9.69 Å². The van der Waals surface area contributed by atoms with Crippen molar-refractivity contribution in [2.45, 2.75) is 45.7 Å². The van der Waals surface area contributed by atoms with Gasteiger partial charge in [0.1, 0.15) is 5.82 Å². The van der Waals surface area contributed by atoms with Crippen molar-refractivity contribution in [1.29, 1.82) is 0 Å². The molecule has 1 aromatic carbocycles. The van der Waals surface area contributed by atoms with Crippen LogP contribution < -0.4 is 5.32 Å². The van der Waals surface area contributed by atoms with Crippen LogP contribution in [-0.2, 0) is 11.3 Å². The van der Waals surface area contributed by atoms with Crippen LogP contribution in [0.25, 0.3) is 0 Å². The molecule has 1 aromatic rings. The minimum Gasteiger partial charge on any atom is -0.481 e. The molecule has 24 heavy (non-hydrogen) atoms. The summed E-state index contributed by atoms with van der Waals surface area (Å²) in [5.74, 6) is -1.01. The highest BCUT2D eigenvalue weighted by Gasteiger charge is 2.27. The smallest absolute Gasteiger partial charge is 0.309 e. The monoisotopic (exact) mass is 356 g/mol. The lowest BCUT2D eigenvalue weighted by Crippen LogP contribution is -2.43. The fourth-order valence-corrected chi connectivity index (χ4v) is 3.12. The van der Waals surface area contributed by atoms with Gasteiger partial charge >= 0.3 is 5.97 Å². The van der Waals surface area contributed by atoms with Gasteiger partial charge in [-0.15, -0.1) is 0 Å². The first-order valence-electron chi connectivity index (χ1n) is 8.41. The molecule has 1 saturated heterocycles.